The average Bonchev–Trinajstić information content (AvgIpc) is 2.59. The Kier molecular flexibility index (Phi) is 5.99. The molecule has 1 heterocycles. The van der Waals surface area contributed by atoms with Crippen molar-refractivity contribution in [2.45, 2.75) is 32.4 Å². The maximum atomic E-state index is 9.92. The molecule has 4 heteroatoms. The Balaban J connectivity index is 2.38. The summed E-state index contributed by atoms with van der Waals surface area (Å²) < 4.78 is 5.89. The van der Waals surface area contributed by atoms with Crippen molar-refractivity contribution in [3.63, 3.8) is 0 Å². The van der Waals surface area contributed by atoms with E-state index in [1.807, 2.05) is 26.1 Å². The minimum atomic E-state index is 0.0636. The Hall–Kier alpha value is -2.07. The molecule has 1 N–H and O–H groups in total. The fourth-order valence-electron chi connectivity index (χ4n) is 2.88. The smallest absolute Gasteiger partial charge is 0.129 e. The minimum absolute atomic E-state index is 0.0636. The molecule has 2 rings (SSSR count). The van der Waals surface area contributed by atoms with Crippen molar-refractivity contribution in [2.24, 2.45) is 4.99 Å². The monoisotopic (exact) mass is 314 g/mol. The maximum absolute atomic E-state index is 9.92. The topological polar surface area (TPSA) is 45.1 Å². The van der Waals surface area contributed by atoms with Gasteiger partial charge in [-0.1, -0.05) is 12.7 Å². The second kappa shape index (κ2) is 7.97. The van der Waals surface area contributed by atoms with Gasteiger partial charge in [-0.2, -0.15) is 0 Å². The van der Waals surface area contributed by atoms with Gasteiger partial charge >= 0.3 is 0 Å². The first-order valence-corrected chi connectivity index (χ1v) is 8.04. The highest BCUT2D eigenvalue weighted by Crippen LogP contribution is 2.34. The Morgan fingerprint density at radius 2 is 2.22 bits per heavy atom. The van der Waals surface area contributed by atoms with E-state index in [0.717, 1.165) is 41.8 Å². The number of phenols is 1. The number of rotatable bonds is 5. The summed E-state index contributed by atoms with van der Waals surface area (Å²) in [4.78, 5) is 6.22. The molecule has 0 radical (unpaired) electrons. The minimum Gasteiger partial charge on any atom is -0.508 e. The zero-order valence-electron chi connectivity index (χ0n) is 14.2. The molecule has 1 saturated heterocycles. The predicted octanol–water partition coefficient (Wildman–Crippen LogP) is 4.02. The molecule has 0 aromatic heterocycles. The maximum Gasteiger partial charge on any atom is 0.129 e. The number of nitrogens with zero attached hydrogens (tertiary/aromatic N) is 2. The molecule has 1 aromatic carbocycles. The molecule has 0 spiro atoms. The van der Waals surface area contributed by atoms with Gasteiger partial charge in [-0.15, -0.1) is 0 Å². The molecule has 4 nitrogen and oxygen atoms in total. The lowest BCUT2D eigenvalue weighted by atomic mass is 9.97. The highest BCUT2D eigenvalue weighted by Gasteiger charge is 2.22. The third-order valence-electron chi connectivity index (χ3n) is 4.20. The fourth-order valence-corrected chi connectivity index (χ4v) is 2.88. The van der Waals surface area contributed by atoms with E-state index in [2.05, 4.69) is 16.5 Å². The fraction of sp³-hybridized carbons (Fsp3) is 0.421. The van der Waals surface area contributed by atoms with Crippen LogP contribution in [0.4, 0.5) is 5.69 Å². The van der Waals surface area contributed by atoms with Crippen LogP contribution in [-0.4, -0.2) is 38.3 Å². The third kappa shape index (κ3) is 4.02. The van der Waals surface area contributed by atoms with E-state index in [4.69, 9.17) is 4.74 Å². The van der Waals surface area contributed by atoms with Crippen molar-refractivity contribution in [2.75, 3.05) is 25.6 Å². The van der Waals surface area contributed by atoms with Crippen LogP contribution in [0.25, 0.3) is 5.57 Å². The quantitative estimate of drug-likeness (QED) is 0.659. The Morgan fingerprint density at radius 1 is 1.43 bits per heavy atom. The zero-order valence-corrected chi connectivity index (χ0v) is 14.2. The van der Waals surface area contributed by atoms with Crippen LogP contribution in [0.5, 0.6) is 5.75 Å². The molecule has 124 valence electrons. The molecular formula is C19H26N2O2. The van der Waals surface area contributed by atoms with Gasteiger partial charge in [0.1, 0.15) is 12.0 Å². The van der Waals surface area contributed by atoms with Crippen molar-refractivity contribution in [3.05, 3.63) is 42.0 Å². The summed E-state index contributed by atoms with van der Waals surface area (Å²) in [6.07, 6.45) is 7.12. The number of phenolic OH excluding ortho intramolecular Hbond substituents is 1. The molecule has 0 bridgehead atoms. The SMILES string of the molecule is C=C(/C(C=NC)=C/C)c1cc(O)ccc1N(C)C1CCCCO1. The average molecular weight is 314 g/mol. The summed E-state index contributed by atoms with van der Waals surface area (Å²) in [5.74, 6) is 0.228. The predicted molar refractivity (Wildman–Crippen MR) is 97.3 cm³/mol. The Bertz CT molecular complexity index is 614. The van der Waals surface area contributed by atoms with E-state index >= 15 is 0 Å². The van der Waals surface area contributed by atoms with Gasteiger partial charge in [0, 0.05) is 38.2 Å². The molecule has 0 amide bonds. The number of benzene rings is 1. The third-order valence-corrected chi connectivity index (χ3v) is 4.20. The van der Waals surface area contributed by atoms with Crippen LogP contribution < -0.4 is 4.90 Å². The van der Waals surface area contributed by atoms with E-state index < -0.39 is 0 Å². The number of hydrogen-bond donors (Lipinski definition) is 1. The number of aromatic hydroxyl groups is 1. The highest BCUT2D eigenvalue weighted by atomic mass is 16.5. The molecule has 0 saturated carbocycles. The van der Waals surface area contributed by atoms with Gasteiger partial charge in [0.2, 0.25) is 0 Å². The van der Waals surface area contributed by atoms with Gasteiger partial charge in [-0.3, -0.25) is 4.99 Å². The zero-order chi connectivity index (χ0) is 16.8. The number of anilines is 1. The summed E-state index contributed by atoms with van der Waals surface area (Å²) in [5, 5.41) is 9.92. The van der Waals surface area contributed by atoms with Crippen molar-refractivity contribution in [1.29, 1.82) is 0 Å². The summed E-state index contributed by atoms with van der Waals surface area (Å²) in [5.41, 5.74) is 3.68. The molecular weight excluding hydrogens is 288 g/mol. The highest BCUT2D eigenvalue weighted by molar-refractivity contribution is 6.02. The largest absolute Gasteiger partial charge is 0.508 e. The summed E-state index contributed by atoms with van der Waals surface area (Å²) in [6, 6.07) is 5.38. The second-order valence-electron chi connectivity index (χ2n) is 5.74. The molecule has 23 heavy (non-hydrogen) atoms. The number of hydrogen-bond acceptors (Lipinski definition) is 4. The standard InChI is InChI=1S/C19H26N2O2/c1-5-15(13-20-3)14(2)17-12-16(22)9-10-18(17)21(4)19-8-6-7-11-23-19/h5,9-10,12-13,19,22H,2,6-8,11H2,1,3-4H3/b15-5+,20-13?. The lowest BCUT2D eigenvalue weighted by molar-refractivity contribution is 0.0174. The molecule has 1 aliphatic heterocycles. The Morgan fingerprint density at radius 3 is 2.83 bits per heavy atom. The van der Waals surface area contributed by atoms with Crippen molar-refractivity contribution >= 4 is 17.5 Å². The Labute approximate surface area is 138 Å². The summed E-state index contributed by atoms with van der Waals surface area (Å²) in [6.45, 7) is 6.96. The van der Waals surface area contributed by atoms with Crippen molar-refractivity contribution in [3.8, 4) is 5.75 Å². The molecule has 1 aliphatic rings. The van der Waals surface area contributed by atoms with Gasteiger partial charge in [-0.05, 0) is 55.5 Å². The van der Waals surface area contributed by atoms with E-state index in [-0.39, 0.29) is 12.0 Å². The van der Waals surface area contributed by atoms with Crippen LogP contribution >= 0.6 is 0 Å². The molecule has 1 fully saturated rings. The van der Waals surface area contributed by atoms with Gasteiger partial charge < -0.3 is 14.7 Å². The van der Waals surface area contributed by atoms with E-state index in [9.17, 15) is 5.11 Å². The molecule has 1 unspecified atom stereocenters. The van der Waals surface area contributed by atoms with Crippen LogP contribution in [0.3, 0.4) is 0 Å². The van der Waals surface area contributed by atoms with E-state index in [1.165, 1.54) is 6.42 Å². The lowest BCUT2D eigenvalue weighted by Gasteiger charge is -2.34. The lowest BCUT2D eigenvalue weighted by Crippen LogP contribution is -2.37. The molecule has 0 aliphatic carbocycles. The van der Waals surface area contributed by atoms with Crippen LogP contribution in [0, 0.1) is 0 Å². The van der Waals surface area contributed by atoms with E-state index in [0.29, 0.717) is 0 Å². The second-order valence-corrected chi connectivity index (χ2v) is 5.74. The first-order valence-electron chi connectivity index (χ1n) is 8.04. The van der Waals surface area contributed by atoms with Crippen molar-refractivity contribution in [1.82, 2.24) is 0 Å². The number of ether oxygens (including phenoxy) is 1. The van der Waals surface area contributed by atoms with Gasteiger partial charge in [-0.25, -0.2) is 0 Å². The van der Waals surface area contributed by atoms with E-state index in [1.54, 1.807) is 25.4 Å². The van der Waals surface area contributed by atoms with Gasteiger partial charge in [0.05, 0.1) is 0 Å². The van der Waals surface area contributed by atoms with Crippen LogP contribution in [0.1, 0.15) is 31.7 Å². The van der Waals surface area contributed by atoms with Crippen LogP contribution in [-0.2, 0) is 4.74 Å². The first-order chi connectivity index (χ1) is 11.1. The molecule has 1 atom stereocenters. The number of allylic oxidation sites excluding steroid dienone is 3. The summed E-state index contributed by atoms with van der Waals surface area (Å²) >= 11 is 0. The number of aliphatic imine (C=N–C) groups is 1. The van der Waals surface area contributed by atoms with Gasteiger partial charge in [0.15, 0.2) is 0 Å². The van der Waals surface area contributed by atoms with Crippen molar-refractivity contribution < 1.29 is 9.84 Å². The normalized spacial score (nSPS) is 19.1. The van der Waals surface area contributed by atoms with Crippen LogP contribution in [0.2, 0.25) is 0 Å². The summed E-state index contributed by atoms with van der Waals surface area (Å²) in [7, 11) is 3.77. The van der Waals surface area contributed by atoms with Crippen LogP contribution in [0.15, 0.2) is 41.4 Å². The molecule has 1 aromatic rings. The van der Waals surface area contributed by atoms with Gasteiger partial charge in [0.25, 0.3) is 0 Å². The first kappa shape index (κ1) is 17.3.